The average Bonchev–Trinajstić information content (AvgIpc) is 0.722. The second-order valence-electron chi connectivity index (χ2n) is 1.50. The van der Waals surface area contributed by atoms with Crippen LogP contribution in [0.3, 0.4) is 0 Å². The van der Waals surface area contributed by atoms with Crippen LogP contribution < -0.4 is 0 Å². The van der Waals surface area contributed by atoms with Crippen molar-refractivity contribution in [2.45, 2.75) is 12.6 Å². The Labute approximate surface area is 30.8 Å². The highest BCUT2D eigenvalue weighted by Crippen LogP contribution is 1.77. The van der Waals surface area contributed by atoms with Gasteiger partial charge >= 0.3 is 0 Å². The molecule has 0 bridgehead atoms. The largest absolute Gasteiger partial charge is 0.0987 e. The van der Waals surface area contributed by atoms with Gasteiger partial charge in [-0.05, 0) is 0 Å². The first kappa shape index (κ1) is 2.37. The molecule has 0 aliphatic carbocycles. The molecule has 0 aliphatic rings. The quantitative estimate of drug-likeness (QED) is 0.312. The van der Waals surface area contributed by atoms with Crippen LogP contribution in [0.5, 0.6) is 0 Å². The van der Waals surface area contributed by atoms with E-state index in [1.54, 1.807) is 0 Å². The van der Waals surface area contributed by atoms with Crippen LogP contribution in [-0.4, -0.2) is 15.7 Å². The van der Waals surface area contributed by atoms with Gasteiger partial charge in [-0.3, -0.25) is 0 Å². The summed E-state index contributed by atoms with van der Waals surface area (Å²) in [7, 11) is 3.71. The molecule has 2 heteroatoms. The molecule has 0 unspecified atom stereocenters. The first-order valence-electron chi connectivity index (χ1n) is 2.00. The molecule has 0 radical (unpaired) electrons. The van der Waals surface area contributed by atoms with Crippen molar-refractivity contribution in [3.05, 3.63) is 0 Å². The van der Waals surface area contributed by atoms with Crippen molar-refractivity contribution in [2.24, 2.45) is 0 Å². The molecule has 0 saturated carbocycles. The molecule has 0 N–H and O–H groups in total. The second kappa shape index (κ2) is 1.45. The fraction of sp³-hybridized carbons (Fsp3) is 1.00. The van der Waals surface area contributed by atoms with Gasteiger partial charge < -0.3 is 0 Å². The first-order valence-corrected chi connectivity index (χ1v) is 1.50. The summed E-state index contributed by atoms with van der Waals surface area (Å²) < 4.78 is 6.94. The highest BCUT2D eigenvalue weighted by molar-refractivity contribution is 6.34. The van der Waals surface area contributed by atoms with Crippen LogP contribution in [0.1, 0.15) is 8.29 Å². The molecule has 0 aromatic carbocycles. The summed E-state index contributed by atoms with van der Waals surface area (Å²) in [6.07, 6.45) is 0. The third-order valence-electron chi connectivity index (χ3n) is 0. The van der Waals surface area contributed by atoms with Gasteiger partial charge in [0.15, 0.2) is 0 Å². The lowest BCUT2D eigenvalue weighted by Gasteiger charge is -1.76. The predicted octanol–water partition coefficient (Wildman–Crippen LogP) is -0.982. The molecule has 0 atom stereocenters. The molecule has 0 fully saturated rings. The average molecular weight is 54.7 g/mol. The topological polar surface area (TPSA) is 0 Å². The molecule has 0 nitrogen and oxygen atoms in total. The van der Waals surface area contributed by atoms with Crippen LogP contribution in [0.4, 0.5) is 0 Å². The predicted molar refractivity (Wildman–Crippen MR) is 26.5 cm³/mol. The molecule has 4 heavy (non-hydrogen) atoms. The third-order valence-corrected chi connectivity index (χ3v) is 0. The molecular formula is C2H8B2. The Morgan fingerprint density at radius 2 is 2.00 bits per heavy atom. The van der Waals surface area contributed by atoms with Crippen molar-refractivity contribution in [2.75, 3.05) is 0 Å². The Bertz CT molecular complexity index is 23.1. The summed E-state index contributed by atoms with van der Waals surface area (Å²) in [5, 5.41) is 0. The zero-order chi connectivity index (χ0) is 4.50. The molecule has 22 valence electrons. The molecule has 0 aromatic rings. The van der Waals surface area contributed by atoms with Crippen molar-refractivity contribution in [3.63, 3.8) is 0 Å². The van der Waals surface area contributed by atoms with Crippen molar-refractivity contribution in [1.82, 2.24) is 0 Å². The monoisotopic (exact) mass is 55.1 g/mol. The Balaban J connectivity index is 3.02. The van der Waals surface area contributed by atoms with E-state index >= 15 is 0 Å². The van der Waals surface area contributed by atoms with E-state index in [2.05, 4.69) is 0 Å². The van der Waals surface area contributed by atoms with Gasteiger partial charge in [0, 0.05) is 1.37 Å². The van der Waals surface area contributed by atoms with Crippen LogP contribution >= 0.6 is 0 Å². The van der Waals surface area contributed by atoms with E-state index in [1.807, 2.05) is 22.6 Å². The molecule has 0 spiro atoms. The maximum atomic E-state index is 6.94. The van der Waals surface area contributed by atoms with Gasteiger partial charge in [0.25, 0.3) is 0 Å². The van der Waals surface area contributed by atoms with Gasteiger partial charge in [-0.15, -0.1) is 0 Å². The van der Waals surface area contributed by atoms with Gasteiger partial charge in [-0.2, -0.15) is 0 Å². The van der Waals surface area contributed by atoms with Crippen LogP contribution in [0, 0.1) is 0 Å². The Hall–Kier alpha value is 0.130. The second-order valence-corrected chi connectivity index (χ2v) is 1.50. The molecule has 0 aliphatic heterocycles. The van der Waals surface area contributed by atoms with E-state index in [-0.39, 0.29) is 5.69 Å². The van der Waals surface area contributed by atoms with Crippen molar-refractivity contribution in [3.8, 4) is 0 Å². The normalized spacial score (nSPS) is 14.8. The highest BCUT2D eigenvalue weighted by Gasteiger charge is 1.71. The van der Waals surface area contributed by atoms with Gasteiger partial charge in [-0.25, -0.2) is 0 Å². The lowest BCUT2D eigenvalue weighted by Crippen LogP contribution is -1.76. The Morgan fingerprint density at radius 3 is 2.00 bits per heavy atom. The summed E-state index contributed by atoms with van der Waals surface area (Å²) in [4.78, 5) is 0. The maximum Gasteiger partial charge on any atom is 0.0954 e. The van der Waals surface area contributed by atoms with Gasteiger partial charge in [0.1, 0.15) is 0 Å². The SMILES string of the molecule is [2H]C(B)(B)C. The van der Waals surface area contributed by atoms with E-state index in [0.29, 0.717) is 0 Å². The molecular weight excluding hydrogens is 45.6 g/mol. The van der Waals surface area contributed by atoms with Gasteiger partial charge in [0.2, 0.25) is 0 Å². The first-order chi connectivity index (χ1) is 2.00. The van der Waals surface area contributed by atoms with Crippen LogP contribution in [0.15, 0.2) is 0 Å². The highest BCUT2D eigenvalue weighted by atomic mass is 13.5. The number of hydrogen-bond acceptors (Lipinski definition) is 0. The van der Waals surface area contributed by atoms with Crippen LogP contribution in [-0.2, 0) is 0 Å². The van der Waals surface area contributed by atoms with Gasteiger partial charge in [-0.1, -0.05) is 12.6 Å². The maximum absolute atomic E-state index is 6.94. The zero-order valence-electron chi connectivity index (χ0n) is 4.50. The molecule has 0 amide bonds. The zero-order valence-corrected chi connectivity index (χ0v) is 3.50. The van der Waals surface area contributed by atoms with Crippen molar-refractivity contribution >= 4 is 15.7 Å². The summed E-state index contributed by atoms with van der Waals surface area (Å²) in [6, 6.07) is 0. The smallest absolute Gasteiger partial charge is 0.0954 e. The summed E-state index contributed by atoms with van der Waals surface area (Å²) >= 11 is 0. The minimum absolute atomic E-state index is 0.250. The van der Waals surface area contributed by atoms with E-state index < -0.39 is 0 Å². The van der Waals surface area contributed by atoms with E-state index in [9.17, 15) is 0 Å². The lowest BCUT2D eigenvalue weighted by molar-refractivity contribution is 1.36. The molecule has 0 heterocycles. The summed E-state index contributed by atoms with van der Waals surface area (Å²) in [6.45, 7) is 1.85. The summed E-state index contributed by atoms with van der Waals surface area (Å²) in [5.41, 5.74) is -0.250. The van der Waals surface area contributed by atoms with E-state index in [1.165, 1.54) is 0 Å². The van der Waals surface area contributed by atoms with Crippen molar-refractivity contribution in [1.29, 1.82) is 0 Å². The fourth-order valence-corrected chi connectivity index (χ4v) is 0. The molecule has 0 saturated heterocycles. The Kier molecular flexibility index (Phi) is 0.859. The van der Waals surface area contributed by atoms with E-state index in [0.717, 1.165) is 0 Å². The van der Waals surface area contributed by atoms with Crippen LogP contribution in [0.25, 0.3) is 0 Å². The standard InChI is InChI=1S/C2H8B2/c1-2(3)4/h2H,3-4H2,1H3/i2D. The van der Waals surface area contributed by atoms with E-state index in [4.69, 9.17) is 1.37 Å². The lowest BCUT2D eigenvalue weighted by atomic mass is 9.73. The number of hydrogen-bond donors (Lipinski definition) is 0. The van der Waals surface area contributed by atoms with Crippen molar-refractivity contribution < 1.29 is 1.37 Å². The Morgan fingerprint density at radius 1 is 2.00 bits per heavy atom. The van der Waals surface area contributed by atoms with Crippen LogP contribution in [0.2, 0.25) is 5.69 Å². The minimum Gasteiger partial charge on any atom is -0.0987 e. The fourth-order valence-electron chi connectivity index (χ4n) is 0. The summed E-state index contributed by atoms with van der Waals surface area (Å²) in [5.74, 6) is 0. The number of rotatable bonds is 0. The minimum atomic E-state index is -0.250. The van der Waals surface area contributed by atoms with Gasteiger partial charge in [0.05, 0.1) is 15.7 Å². The molecule has 0 rings (SSSR count). The third kappa shape index (κ3) is 161. The molecule has 0 aromatic heterocycles.